The van der Waals surface area contributed by atoms with Crippen molar-refractivity contribution in [1.29, 1.82) is 5.26 Å². The largest absolute Gasteiger partial charge is 0.367 e. The van der Waals surface area contributed by atoms with E-state index in [1.54, 1.807) is 12.3 Å². The minimum atomic E-state index is 0.222. The molecule has 1 aliphatic rings. The number of hydrogen-bond donors (Lipinski definition) is 0. The molecule has 1 fully saturated rings. The van der Waals surface area contributed by atoms with Crippen LogP contribution in [-0.2, 0) is 0 Å². The van der Waals surface area contributed by atoms with Crippen LogP contribution >= 0.6 is 11.6 Å². The quantitative estimate of drug-likeness (QED) is 0.691. The van der Waals surface area contributed by atoms with Gasteiger partial charge in [0, 0.05) is 60.7 Å². The van der Waals surface area contributed by atoms with Gasteiger partial charge in [-0.15, -0.1) is 0 Å². The molecule has 6 heteroatoms. The molecule has 0 aliphatic carbocycles. The maximum Gasteiger partial charge on any atom is 0.149 e. The third-order valence-electron chi connectivity index (χ3n) is 4.89. The van der Waals surface area contributed by atoms with Crippen molar-refractivity contribution < 1.29 is 0 Å². The maximum atomic E-state index is 9.20. The van der Waals surface area contributed by atoms with Crippen molar-refractivity contribution in [3.05, 3.63) is 59.5 Å². The zero-order valence-electron chi connectivity index (χ0n) is 14.4. The Kier molecular flexibility index (Phi) is 4.36. The van der Waals surface area contributed by atoms with Gasteiger partial charge in [0.2, 0.25) is 0 Å². The molecular formula is C20H18ClN5. The van der Waals surface area contributed by atoms with Gasteiger partial charge in [-0.2, -0.15) is 5.26 Å². The number of anilines is 2. The molecule has 2 aromatic heterocycles. The van der Waals surface area contributed by atoms with E-state index >= 15 is 0 Å². The van der Waals surface area contributed by atoms with E-state index in [4.69, 9.17) is 11.6 Å². The molecule has 130 valence electrons. The van der Waals surface area contributed by atoms with Crippen LogP contribution < -0.4 is 9.80 Å². The van der Waals surface area contributed by atoms with Crippen molar-refractivity contribution in [2.24, 2.45) is 0 Å². The van der Waals surface area contributed by atoms with Gasteiger partial charge in [0.1, 0.15) is 16.9 Å². The van der Waals surface area contributed by atoms with Crippen molar-refractivity contribution >= 4 is 33.9 Å². The Morgan fingerprint density at radius 2 is 2.08 bits per heavy atom. The average Bonchev–Trinajstić information content (AvgIpc) is 2.68. The Bertz CT molecular complexity index is 992. The number of benzene rings is 1. The lowest BCUT2D eigenvalue weighted by Crippen LogP contribution is -2.52. The molecule has 0 bridgehead atoms. The van der Waals surface area contributed by atoms with Crippen LogP contribution in [0.1, 0.15) is 12.5 Å². The van der Waals surface area contributed by atoms with Crippen molar-refractivity contribution in [2.45, 2.75) is 13.0 Å². The molecule has 0 radical (unpaired) electrons. The predicted molar refractivity (Wildman–Crippen MR) is 105 cm³/mol. The maximum absolute atomic E-state index is 9.20. The molecule has 1 saturated heterocycles. The number of aromatic nitrogens is 2. The fourth-order valence-corrected chi connectivity index (χ4v) is 3.85. The summed E-state index contributed by atoms with van der Waals surface area (Å²) in [5.74, 6) is 0.694. The van der Waals surface area contributed by atoms with Gasteiger partial charge in [-0.3, -0.25) is 4.98 Å². The van der Waals surface area contributed by atoms with Gasteiger partial charge in [0.15, 0.2) is 0 Å². The van der Waals surface area contributed by atoms with E-state index in [0.717, 1.165) is 25.0 Å². The SMILES string of the molecule is CC1CN(c2cccc3cnccc23)CCN1c1nccc(C#N)c1Cl. The van der Waals surface area contributed by atoms with E-state index in [-0.39, 0.29) is 6.04 Å². The monoisotopic (exact) mass is 363 g/mol. The highest BCUT2D eigenvalue weighted by Gasteiger charge is 2.27. The average molecular weight is 364 g/mol. The van der Waals surface area contributed by atoms with E-state index in [1.807, 2.05) is 12.4 Å². The predicted octanol–water partition coefficient (Wildman–Crippen LogP) is 3.87. The lowest BCUT2D eigenvalue weighted by atomic mass is 10.1. The summed E-state index contributed by atoms with van der Waals surface area (Å²) in [5, 5.41) is 12.0. The lowest BCUT2D eigenvalue weighted by Gasteiger charge is -2.42. The molecule has 3 heterocycles. The third kappa shape index (κ3) is 2.83. The highest BCUT2D eigenvalue weighted by Crippen LogP contribution is 2.32. The molecule has 0 amide bonds. The molecule has 1 atom stereocenters. The highest BCUT2D eigenvalue weighted by molar-refractivity contribution is 6.34. The van der Waals surface area contributed by atoms with Gasteiger partial charge >= 0.3 is 0 Å². The van der Waals surface area contributed by atoms with Crippen LogP contribution in [0.5, 0.6) is 0 Å². The lowest BCUT2D eigenvalue weighted by molar-refractivity contribution is 0.547. The van der Waals surface area contributed by atoms with Gasteiger partial charge in [-0.05, 0) is 25.1 Å². The normalized spacial score (nSPS) is 17.3. The summed E-state index contributed by atoms with van der Waals surface area (Å²) in [5.41, 5.74) is 1.69. The molecule has 1 aliphatic heterocycles. The van der Waals surface area contributed by atoms with Gasteiger partial charge in [-0.25, -0.2) is 4.98 Å². The number of halogens is 1. The summed E-state index contributed by atoms with van der Waals surface area (Å²) < 4.78 is 0. The van der Waals surface area contributed by atoms with E-state index < -0.39 is 0 Å². The number of fused-ring (bicyclic) bond motifs is 1. The summed E-state index contributed by atoms with van der Waals surface area (Å²) in [6, 6.07) is 12.4. The molecule has 26 heavy (non-hydrogen) atoms. The van der Waals surface area contributed by atoms with Crippen LogP contribution in [0.3, 0.4) is 0 Å². The zero-order chi connectivity index (χ0) is 18.1. The topological polar surface area (TPSA) is 56.1 Å². The summed E-state index contributed by atoms with van der Waals surface area (Å²) in [7, 11) is 0. The Labute approximate surface area is 157 Å². The van der Waals surface area contributed by atoms with Crippen LogP contribution in [0.4, 0.5) is 11.5 Å². The second kappa shape index (κ2) is 6.81. The molecule has 0 spiro atoms. The summed E-state index contributed by atoms with van der Waals surface area (Å²) in [6.45, 7) is 4.68. The van der Waals surface area contributed by atoms with E-state index in [9.17, 15) is 5.26 Å². The molecule has 4 rings (SSSR count). The first-order valence-electron chi connectivity index (χ1n) is 8.58. The first-order valence-corrected chi connectivity index (χ1v) is 8.96. The molecule has 0 saturated carbocycles. The van der Waals surface area contributed by atoms with Gasteiger partial charge in [-0.1, -0.05) is 23.7 Å². The van der Waals surface area contributed by atoms with Gasteiger partial charge < -0.3 is 9.80 Å². The number of rotatable bonds is 2. The Hall–Kier alpha value is -2.84. The fourth-order valence-electron chi connectivity index (χ4n) is 3.59. The third-order valence-corrected chi connectivity index (χ3v) is 5.26. The fraction of sp³-hybridized carbons (Fsp3) is 0.250. The first kappa shape index (κ1) is 16.6. The highest BCUT2D eigenvalue weighted by atomic mass is 35.5. The Balaban J connectivity index is 1.62. The minimum Gasteiger partial charge on any atom is -0.367 e. The Morgan fingerprint density at radius 3 is 2.88 bits per heavy atom. The van der Waals surface area contributed by atoms with Gasteiger partial charge in [0.25, 0.3) is 0 Å². The second-order valence-corrected chi connectivity index (χ2v) is 6.85. The number of piperazine rings is 1. The standard InChI is InChI=1S/C20H18ClN5/c1-14-13-25(18-4-2-3-16-12-23-7-6-17(16)18)9-10-26(14)20-19(21)15(11-22)5-8-24-20/h2-8,12,14H,9-10,13H2,1H3. The number of hydrogen-bond acceptors (Lipinski definition) is 5. The molecule has 0 N–H and O–H groups in total. The first-order chi connectivity index (χ1) is 12.7. The summed E-state index contributed by atoms with van der Waals surface area (Å²) in [6.07, 6.45) is 5.38. The zero-order valence-corrected chi connectivity index (χ0v) is 15.2. The summed E-state index contributed by atoms with van der Waals surface area (Å²) >= 11 is 6.39. The van der Waals surface area contributed by atoms with Crippen molar-refractivity contribution in [2.75, 3.05) is 29.4 Å². The van der Waals surface area contributed by atoms with E-state index in [0.29, 0.717) is 16.4 Å². The molecular weight excluding hydrogens is 346 g/mol. The van der Waals surface area contributed by atoms with E-state index in [1.165, 1.54) is 11.1 Å². The minimum absolute atomic E-state index is 0.222. The number of nitrogens with zero attached hydrogens (tertiary/aromatic N) is 5. The van der Waals surface area contributed by atoms with Gasteiger partial charge in [0.05, 0.1) is 5.56 Å². The molecule has 5 nitrogen and oxygen atoms in total. The molecule has 3 aromatic rings. The van der Waals surface area contributed by atoms with Crippen molar-refractivity contribution in [3.63, 3.8) is 0 Å². The van der Waals surface area contributed by atoms with Crippen LogP contribution in [0.15, 0.2) is 48.9 Å². The smallest absolute Gasteiger partial charge is 0.149 e. The van der Waals surface area contributed by atoms with Crippen molar-refractivity contribution in [1.82, 2.24) is 9.97 Å². The Morgan fingerprint density at radius 1 is 1.19 bits per heavy atom. The van der Waals surface area contributed by atoms with E-state index in [2.05, 4.69) is 57.0 Å². The second-order valence-electron chi connectivity index (χ2n) is 6.47. The van der Waals surface area contributed by atoms with Crippen LogP contribution in [0.2, 0.25) is 5.02 Å². The molecule has 1 aromatic carbocycles. The van der Waals surface area contributed by atoms with Crippen LogP contribution in [-0.4, -0.2) is 35.6 Å². The van der Waals surface area contributed by atoms with Crippen LogP contribution in [0, 0.1) is 11.3 Å². The number of nitriles is 1. The number of pyridine rings is 2. The van der Waals surface area contributed by atoms with Crippen molar-refractivity contribution in [3.8, 4) is 6.07 Å². The van der Waals surface area contributed by atoms with Crippen LogP contribution in [0.25, 0.3) is 10.8 Å². The molecule has 1 unspecified atom stereocenters. The summed E-state index contributed by atoms with van der Waals surface area (Å²) in [4.78, 5) is 13.2.